The second-order valence-corrected chi connectivity index (χ2v) is 9.74. The van der Waals surface area contributed by atoms with Gasteiger partial charge in [0.05, 0.1) is 12.2 Å². The maximum absolute atomic E-state index is 13.6. The summed E-state index contributed by atoms with van der Waals surface area (Å²) < 4.78 is 41.3. The number of fused-ring (bicyclic) bond motifs is 1. The van der Waals surface area contributed by atoms with E-state index in [1.54, 1.807) is 35.7 Å². The summed E-state index contributed by atoms with van der Waals surface area (Å²) in [6, 6.07) is 14.4. The molecule has 0 saturated heterocycles. The van der Waals surface area contributed by atoms with Crippen molar-refractivity contribution in [3.63, 3.8) is 0 Å². The number of anilines is 1. The minimum atomic E-state index is -4.14. The maximum Gasteiger partial charge on any atom is 0.270 e. The Bertz CT molecular complexity index is 1250. The van der Waals surface area contributed by atoms with Gasteiger partial charge in [0.1, 0.15) is 10.7 Å². The van der Waals surface area contributed by atoms with Crippen LogP contribution in [0.5, 0.6) is 0 Å². The van der Waals surface area contributed by atoms with Crippen molar-refractivity contribution >= 4 is 44.4 Å². The summed E-state index contributed by atoms with van der Waals surface area (Å²) in [5, 5.41) is 5.09. The number of rotatable bonds is 5. The predicted octanol–water partition coefficient (Wildman–Crippen LogP) is 4.70. The van der Waals surface area contributed by atoms with Gasteiger partial charge in [-0.3, -0.25) is 9.10 Å². The van der Waals surface area contributed by atoms with E-state index in [4.69, 9.17) is 11.6 Å². The van der Waals surface area contributed by atoms with Crippen LogP contribution in [0.4, 0.5) is 10.1 Å². The van der Waals surface area contributed by atoms with Crippen molar-refractivity contribution in [1.29, 1.82) is 0 Å². The number of ketones is 1. The fourth-order valence-corrected chi connectivity index (χ4v) is 5.86. The Labute approximate surface area is 182 Å². The van der Waals surface area contributed by atoms with Crippen LogP contribution in [0.15, 0.2) is 71.1 Å². The Morgan fingerprint density at radius 1 is 1.13 bits per heavy atom. The average molecular weight is 463 g/mol. The summed E-state index contributed by atoms with van der Waals surface area (Å²) in [6.07, 6.45) is 1.21. The first-order valence-corrected chi connectivity index (χ1v) is 11.6. The molecule has 154 valence electrons. The molecular formula is C21H16ClFN2O3S2. The molecule has 0 bridgehead atoms. The lowest BCUT2D eigenvalue weighted by Gasteiger charge is -2.29. The molecule has 2 aromatic carbocycles. The number of benzene rings is 2. The number of carbonyl (C=O) groups excluding carboxylic acids is 1. The summed E-state index contributed by atoms with van der Waals surface area (Å²) in [5.41, 5.74) is 1.55. The summed E-state index contributed by atoms with van der Waals surface area (Å²) in [6.45, 7) is 0.173. The zero-order valence-electron chi connectivity index (χ0n) is 15.5. The van der Waals surface area contributed by atoms with Crippen LogP contribution in [-0.4, -0.2) is 14.2 Å². The molecule has 1 aliphatic rings. The Morgan fingerprint density at radius 2 is 1.93 bits per heavy atom. The van der Waals surface area contributed by atoms with Gasteiger partial charge in [0.25, 0.3) is 10.0 Å². The number of allylic oxidation sites excluding steroid dienone is 1. The molecule has 0 unspecified atom stereocenters. The number of halogens is 2. The molecule has 0 saturated carbocycles. The van der Waals surface area contributed by atoms with Gasteiger partial charge in [0.2, 0.25) is 5.78 Å². The monoisotopic (exact) mass is 462 g/mol. The standard InChI is InChI=1S/C21H16ClFN2O3S2/c22-17-7-2-1-5-15(17)11-24-12-19-20(26)21-18(8-9-29-21)25(30(19,27)28)13-14-4-3-6-16(23)10-14/h1-10,12,24H,11,13H2. The fraction of sp³-hybridized carbons (Fsp3) is 0.0952. The van der Waals surface area contributed by atoms with Gasteiger partial charge in [-0.2, -0.15) is 0 Å². The number of sulfonamides is 1. The van der Waals surface area contributed by atoms with Crippen LogP contribution in [0.2, 0.25) is 5.02 Å². The van der Waals surface area contributed by atoms with Crippen LogP contribution in [0.3, 0.4) is 0 Å². The second kappa shape index (κ2) is 8.22. The van der Waals surface area contributed by atoms with Crippen molar-refractivity contribution < 1.29 is 17.6 Å². The molecule has 30 heavy (non-hydrogen) atoms. The number of thiophene rings is 1. The van der Waals surface area contributed by atoms with Gasteiger partial charge in [-0.05, 0) is 40.8 Å². The number of hydrogen-bond acceptors (Lipinski definition) is 5. The highest BCUT2D eigenvalue weighted by Gasteiger charge is 2.41. The zero-order valence-corrected chi connectivity index (χ0v) is 17.9. The van der Waals surface area contributed by atoms with Crippen LogP contribution in [0.25, 0.3) is 0 Å². The summed E-state index contributed by atoms with van der Waals surface area (Å²) in [4.78, 5) is 12.8. The molecule has 5 nitrogen and oxygen atoms in total. The van der Waals surface area contributed by atoms with E-state index in [0.29, 0.717) is 21.2 Å². The third-order valence-electron chi connectivity index (χ3n) is 4.61. The maximum atomic E-state index is 13.6. The van der Waals surface area contributed by atoms with Crippen molar-refractivity contribution in [2.24, 2.45) is 0 Å². The van der Waals surface area contributed by atoms with Crippen LogP contribution >= 0.6 is 22.9 Å². The van der Waals surface area contributed by atoms with Gasteiger partial charge in [0.15, 0.2) is 4.91 Å². The molecule has 0 radical (unpaired) electrons. The Balaban J connectivity index is 1.68. The average Bonchev–Trinajstić information content (AvgIpc) is 3.19. The summed E-state index contributed by atoms with van der Waals surface area (Å²) in [5.74, 6) is -1.03. The Hall–Kier alpha value is -2.68. The quantitative estimate of drug-likeness (QED) is 0.558. The molecule has 0 aliphatic carbocycles. The second-order valence-electron chi connectivity index (χ2n) is 6.59. The van der Waals surface area contributed by atoms with Crippen LogP contribution in [-0.2, 0) is 23.1 Å². The minimum Gasteiger partial charge on any atom is -0.386 e. The molecule has 2 heterocycles. The summed E-state index contributed by atoms with van der Waals surface area (Å²) >= 11 is 7.29. The number of carbonyl (C=O) groups is 1. The molecule has 0 amide bonds. The molecule has 1 N–H and O–H groups in total. The third kappa shape index (κ3) is 3.86. The minimum absolute atomic E-state index is 0.0844. The molecule has 4 rings (SSSR count). The summed E-state index contributed by atoms with van der Waals surface area (Å²) in [7, 11) is -4.14. The van der Waals surface area contributed by atoms with Crippen molar-refractivity contribution in [1.82, 2.24) is 5.32 Å². The van der Waals surface area contributed by atoms with E-state index in [1.807, 2.05) is 6.07 Å². The van der Waals surface area contributed by atoms with E-state index in [1.165, 1.54) is 35.7 Å². The Morgan fingerprint density at radius 3 is 2.70 bits per heavy atom. The van der Waals surface area contributed by atoms with E-state index in [9.17, 15) is 17.6 Å². The third-order valence-corrected chi connectivity index (χ3v) is 7.65. The smallest absolute Gasteiger partial charge is 0.270 e. The highest BCUT2D eigenvalue weighted by Crippen LogP contribution is 2.39. The molecule has 0 atom stereocenters. The van der Waals surface area contributed by atoms with Crippen molar-refractivity contribution in [3.05, 3.63) is 97.9 Å². The van der Waals surface area contributed by atoms with Crippen LogP contribution in [0, 0.1) is 5.82 Å². The lowest BCUT2D eigenvalue weighted by atomic mass is 10.2. The van der Waals surface area contributed by atoms with Crippen molar-refractivity contribution in [2.45, 2.75) is 13.1 Å². The topological polar surface area (TPSA) is 66.5 Å². The molecule has 0 spiro atoms. The number of Topliss-reactive ketones (excluding diaryl/α,β-unsaturated/α-hetero) is 1. The van der Waals surface area contributed by atoms with E-state index in [-0.39, 0.29) is 18.0 Å². The van der Waals surface area contributed by atoms with Crippen LogP contribution in [0.1, 0.15) is 20.8 Å². The molecule has 0 fully saturated rings. The van der Waals surface area contributed by atoms with E-state index in [0.717, 1.165) is 9.87 Å². The van der Waals surface area contributed by atoms with Gasteiger partial charge in [-0.25, -0.2) is 12.8 Å². The van der Waals surface area contributed by atoms with Gasteiger partial charge in [0, 0.05) is 17.8 Å². The highest BCUT2D eigenvalue weighted by molar-refractivity contribution is 7.97. The number of hydrogen-bond donors (Lipinski definition) is 1. The largest absolute Gasteiger partial charge is 0.386 e. The number of nitrogens with one attached hydrogen (secondary N) is 1. The molecule has 3 aromatic rings. The lowest BCUT2D eigenvalue weighted by molar-refractivity contribution is 0.104. The first kappa shape index (κ1) is 20.6. The predicted molar refractivity (Wildman–Crippen MR) is 117 cm³/mol. The van der Waals surface area contributed by atoms with Crippen molar-refractivity contribution in [3.8, 4) is 0 Å². The van der Waals surface area contributed by atoms with Gasteiger partial charge in [-0.1, -0.05) is 41.9 Å². The van der Waals surface area contributed by atoms with Gasteiger partial charge in [-0.15, -0.1) is 11.3 Å². The lowest BCUT2D eigenvalue weighted by Crippen LogP contribution is -2.38. The SMILES string of the molecule is O=C1C(=CNCc2ccccc2Cl)S(=O)(=O)N(Cc2cccc(F)c2)c2ccsc21. The molecule has 9 heteroatoms. The first-order valence-electron chi connectivity index (χ1n) is 8.94. The van der Waals surface area contributed by atoms with Gasteiger partial charge < -0.3 is 5.32 Å². The molecular weight excluding hydrogens is 447 g/mol. The zero-order chi connectivity index (χ0) is 21.3. The first-order chi connectivity index (χ1) is 14.4. The van der Waals surface area contributed by atoms with Crippen molar-refractivity contribution in [2.75, 3.05) is 4.31 Å². The van der Waals surface area contributed by atoms with E-state index < -0.39 is 21.6 Å². The molecule has 1 aromatic heterocycles. The Kier molecular flexibility index (Phi) is 5.64. The van der Waals surface area contributed by atoms with E-state index in [2.05, 4.69) is 5.32 Å². The van der Waals surface area contributed by atoms with E-state index >= 15 is 0 Å². The number of nitrogens with zero attached hydrogens (tertiary/aromatic N) is 1. The fourth-order valence-electron chi connectivity index (χ4n) is 3.15. The highest BCUT2D eigenvalue weighted by atomic mass is 35.5. The normalized spacial score (nSPS) is 16.5. The van der Waals surface area contributed by atoms with Gasteiger partial charge >= 0.3 is 0 Å². The van der Waals surface area contributed by atoms with Crippen LogP contribution < -0.4 is 9.62 Å². The molecule has 1 aliphatic heterocycles.